The second-order valence-corrected chi connectivity index (χ2v) is 23.7. The van der Waals surface area contributed by atoms with E-state index < -0.39 is 0 Å². The molecule has 17 aromatic rings. The molecule has 3 aromatic heterocycles. The molecular weight excluding hydrogens is 1090 g/mol. The molecule has 396 valence electrons. The van der Waals surface area contributed by atoms with E-state index >= 15 is 0 Å². The number of aromatic nitrogens is 3. The van der Waals surface area contributed by atoms with Crippen LogP contribution in [0.2, 0.25) is 0 Å². The fraction of sp³-hybridized carbons (Fsp3) is 0.0123. The topological polar surface area (TPSA) is 14.8 Å². The maximum atomic E-state index is 3.50. The Hall–Kier alpha value is -10.5. The molecule has 0 atom stereocenters. The van der Waals surface area contributed by atoms with Gasteiger partial charge in [-0.25, -0.2) is 0 Å². The third-order valence-corrected chi connectivity index (χ3v) is 18.9. The maximum Gasteiger partial charge on any atom is 0.0547 e. The van der Waals surface area contributed by atoms with Crippen LogP contribution in [-0.4, -0.2) is 13.7 Å². The maximum absolute atomic E-state index is 3.50. The Labute approximate surface area is 499 Å². The zero-order chi connectivity index (χ0) is 55.9. The summed E-state index contributed by atoms with van der Waals surface area (Å²) >= 11 is 3.50. The van der Waals surface area contributed by atoms with Crippen LogP contribution in [0.5, 0.6) is 0 Å². The van der Waals surface area contributed by atoms with Crippen LogP contribution < -0.4 is 0 Å². The van der Waals surface area contributed by atoms with Gasteiger partial charge in [0.25, 0.3) is 0 Å². The largest absolute Gasteiger partial charge is 0.309 e. The summed E-state index contributed by atoms with van der Waals surface area (Å²) < 4.78 is 8.23. The van der Waals surface area contributed by atoms with Crippen LogP contribution in [0, 0.1) is 0 Å². The number of rotatable bonds is 3. The first-order valence-corrected chi connectivity index (χ1v) is 30.1. The lowest BCUT2D eigenvalue weighted by Gasteiger charge is -2.12. The zero-order valence-corrected chi connectivity index (χ0v) is 47.7. The molecule has 0 saturated heterocycles. The third kappa shape index (κ3) is 7.13. The summed E-state index contributed by atoms with van der Waals surface area (Å²) in [7, 11) is 0. The van der Waals surface area contributed by atoms with Crippen molar-refractivity contribution in [2.45, 2.75) is 6.42 Å². The highest BCUT2D eigenvalue weighted by Gasteiger charge is 2.30. The van der Waals surface area contributed by atoms with Crippen LogP contribution in [0.1, 0.15) is 11.1 Å². The molecule has 0 aliphatic heterocycles. The minimum atomic E-state index is 1.06. The summed E-state index contributed by atoms with van der Waals surface area (Å²) in [5.74, 6) is 0. The molecule has 0 amide bonds. The van der Waals surface area contributed by atoms with Gasteiger partial charge < -0.3 is 13.7 Å². The van der Waals surface area contributed by atoms with E-state index in [0.717, 1.165) is 10.9 Å². The van der Waals surface area contributed by atoms with Crippen molar-refractivity contribution in [3.8, 4) is 72.7 Å². The Morgan fingerprint density at radius 2 is 0.600 bits per heavy atom. The van der Waals surface area contributed by atoms with Crippen molar-refractivity contribution in [2.24, 2.45) is 0 Å². The fourth-order valence-corrected chi connectivity index (χ4v) is 15.1. The van der Waals surface area contributed by atoms with E-state index in [1.165, 1.54) is 171 Å². The molecular formula is C81H50BrN3. The van der Waals surface area contributed by atoms with Crippen molar-refractivity contribution in [1.82, 2.24) is 13.7 Å². The molecule has 3 heterocycles. The molecule has 0 N–H and O–H groups in total. The van der Waals surface area contributed by atoms with Gasteiger partial charge in [0.1, 0.15) is 0 Å². The molecule has 14 aromatic carbocycles. The number of nitrogens with zero attached hydrogens (tertiary/aromatic N) is 3. The van der Waals surface area contributed by atoms with Crippen LogP contribution in [0.3, 0.4) is 0 Å². The Kier molecular flexibility index (Phi) is 10.6. The minimum absolute atomic E-state index is 1.06. The van der Waals surface area contributed by atoms with Gasteiger partial charge in [0.15, 0.2) is 0 Å². The van der Waals surface area contributed by atoms with Gasteiger partial charge in [-0.05, 0) is 174 Å². The van der Waals surface area contributed by atoms with Crippen molar-refractivity contribution < 1.29 is 0 Å². The molecule has 0 unspecified atom stereocenters. The van der Waals surface area contributed by atoms with Gasteiger partial charge >= 0.3 is 0 Å². The van der Waals surface area contributed by atoms with Crippen molar-refractivity contribution in [3.05, 3.63) is 307 Å². The molecule has 3 nitrogen and oxygen atoms in total. The summed E-state index contributed by atoms with van der Waals surface area (Å²) in [4.78, 5) is 0. The number of hydrogen-bond acceptors (Lipinski definition) is 0. The van der Waals surface area contributed by atoms with Gasteiger partial charge in [-0.15, -0.1) is 0 Å². The Morgan fingerprint density at radius 1 is 0.224 bits per heavy atom. The number of fused-ring (bicyclic) bond motifs is 20. The highest BCUT2D eigenvalue weighted by atomic mass is 79.9. The van der Waals surface area contributed by atoms with Crippen LogP contribution in [0.25, 0.3) is 160 Å². The highest BCUT2D eigenvalue weighted by molar-refractivity contribution is 9.10. The van der Waals surface area contributed by atoms with E-state index in [1.54, 1.807) is 0 Å². The van der Waals surface area contributed by atoms with Crippen molar-refractivity contribution >= 4 is 103 Å². The number of para-hydroxylation sites is 5. The summed E-state index contributed by atoms with van der Waals surface area (Å²) in [6.45, 7) is 0. The Balaban J connectivity index is 0.000000107. The lowest BCUT2D eigenvalue weighted by atomic mass is 9.93. The second-order valence-electron chi connectivity index (χ2n) is 22.7. The smallest absolute Gasteiger partial charge is 0.0547 e. The minimum Gasteiger partial charge on any atom is -0.309 e. The van der Waals surface area contributed by atoms with E-state index in [9.17, 15) is 0 Å². The predicted octanol–water partition coefficient (Wildman–Crippen LogP) is 22.3. The Morgan fingerprint density at radius 3 is 1.12 bits per heavy atom. The lowest BCUT2D eigenvalue weighted by Crippen LogP contribution is -1.97. The first-order valence-electron chi connectivity index (χ1n) is 29.3. The molecule has 0 radical (unpaired) electrons. The van der Waals surface area contributed by atoms with Gasteiger partial charge in [-0.3, -0.25) is 0 Å². The normalized spacial score (nSPS) is 12.2. The molecule has 20 rings (SSSR count). The standard InChI is InChI=1S/C40H24N2.C23H14.C18H12BrN/c1-4-16-34-28(11-1)29-12-2-5-17-35(29)41(34)26-19-21-27(22-20-26)42-36-18-6-3-13-32(36)40-37(42)24-23-31-30-14-7-9-25-10-8-15-33(38(25)30)39(31)40;1-2-8-17-15(5-1)13-16-11-12-19-18-9-3-6-14-7-4-10-20(21(14)18)23(19)22(16)17;19-13-9-11-14(12-10-13)20-17-7-3-1-5-15(17)16-6-2-4-8-18(16)20/h1-24H;1-12H,13H2;1-12H. The average molecular weight is 1150 g/mol. The molecule has 4 heteroatoms. The van der Waals surface area contributed by atoms with E-state index in [2.05, 4.69) is 321 Å². The SMILES string of the molecule is Brc1ccc(-n2c3ccccc3c3ccccc32)cc1.c1cc2c3c(cccc3c1)-c1c-2ccc2c1c1ccccc1n2-c1ccc(-n2c3ccccc3c3ccccc32)cc1.c1ccc2c(c1)Cc1ccc3c(c1-2)-c1cccc2cccc-3c12. The summed E-state index contributed by atoms with van der Waals surface area (Å²) in [6.07, 6.45) is 1.06. The van der Waals surface area contributed by atoms with E-state index in [1.807, 2.05) is 0 Å². The van der Waals surface area contributed by atoms with Crippen LogP contribution in [-0.2, 0) is 6.42 Å². The lowest BCUT2D eigenvalue weighted by molar-refractivity contribution is 1.14. The average Bonchev–Trinajstić information content (AvgIpc) is 1.90. The number of benzene rings is 14. The van der Waals surface area contributed by atoms with E-state index in [0.29, 0.717) is 0 Å². The van der Waals surface area contributed by atoms with Crippen molar-refractivity contribution in [2.75, 3.05) is 0 Å². The van der Waals surface area contributed by atoms with E-state index in [4.69, 9.17) is 0 Å². The zero-order valence-electron chi connectivity index (χ0n) is 46.1. The molecule has 0 fully saturated rings. The molecule has 0 saturated carbocycles. The number of halogens is 1. The van der Waals surface area contributed by atoms with Gasteiger partial charge in [-0.2, -0.15) is 0 Å². The van der Waals surface area contributed by atoms with Crippen LogP contribution >= 0.6 is 15.9 Å². The molecule has 0 spiro atoms. The van der Waals surface area contributed by atoms with Crippen molar-refractivity contribution in [3.63, 3.8) is 0 Å². The molecule has 3 aliphatic carbocycles. The molecule has 0 bridgehead atoms. The second kappa shape index (κ2) is 18.8. The third-order valence-electron chi connectivity index (χ3n) is 18.3. The van der Waals surface area contributed by atoms with Crippen LogP contribution in [0.4, 0.5) is 0 Å². The van der Waals surface area contributed by atoms with Crippen LogP contribution in [0.15, 0.2) is 296 Å². The van der Waals surface area contributed by atoms with Crippen molar-refractivity contribution in [1.29, 1.82) is 0 Å². The fourth-order valence-electron chi connectivity index (χ4n) is 14.9. The monoisotopic (exact) mass is 1140 g/mol. The quantitative estimate of drug-likeness (QED) is 0.167. The molecule has 3 aliphatic rings. The highest BCUT2D eigenvalue weighted by Crippen LogP contribution is 2.55. The first-order chi connectivity index (χ1) is 42.1. The summed E-state index contributed by atoms with van der Waals surface area (Å²) in [5.41, 5.74) is 27.7. The Bertz CT molecular complexity index is 5520. The van der Waals surface area contributed by atoms with Gasteiger partial charge in [0.05, 0.1) is 33.1 Å². The summed E-state index contributed by atoms with van der Waals surface area (Å²) in [5, 5.41) is 13.2. The summed E-state index contributed by atoms with van der Waals surface area (Å²) in [6, 6.07) is 106. The van der Waals surface area contributed by atoms with Gasteiger partial charge in [-0.1, -0.05) is 222 Å². The molecule has 85 heavy (non-hydrogen) atoms. The van der Waals surface area contributed by atoms with Gasteiger partial charge in [0.2, 0.25) is 0 Å². The van der Waals surface area contributed by atoms with Gasteiger partial charge in [0, 0.05) is 59.4 Å². The predicted molar refractivity (Wildman–Crippen MR) is 362 cm³/mol. The van der Waals surface area contributed by atoms with E-state index in [-0.39, 0.29) is 0 Å². The first kappa shape index (κ1) is 48.1. The number of hydrogen-bond donors (Lipinski definition) is 0.